The third kappa shape index (κ3) is 1.90. The average molecular weight is 357 g/mol. The highest BCUT2D eigenvalue weighted by Crippen LogP contribution is 2.54. The Hall–Kier alpha value is -2.75. The van der Waals surface area contributed by atoms with E-state index in [1.807, 2.05) is 0 Å². The van der Waals surface area contributed by atoms with Crippen LogP contribution in [0, 0.1) is 12.8 Å². The van der Waals surface area contributed by atoms with Crippen LogP contribution < -0.4 is 5.32 Å². The van der Waals surface area contributed by atoms with Crippen molar-refractivity contribution in [3.63, 3.8) is 0 Å². The van der Waals surface area contributed by atoms with Gasteiger partial charge in [-0.1, -0.05) is 36.4 Å². The Morgan fingerprint density at radius 2 is 1.89 bits per heavy atom. The highest BCUT2D eigenvalue weighted by molar-refractivity contribution is 5.87. The van der Waals surface area contributed by atoms with Crippen molar-refractivity contribution in [1.82, 2.24) is 9.88 Å². The number of hydrogen-bond donors (Lipinski definition) is 2. The molecule has 2 aromatic carbocycles. The summed E-state index contributed by atoms with van der Waals surface area (Å²) in [5.74, 6) is 0.575. The molecule has 4 heteroatoms. The van der Waals surface area contributed by atoms with Gasteiger partial charge in [0, 0.05) is 34.7 Å². The summed E-state index contributed by atoms with van der Waals surface area (Å²) in [6, 6.07) is 17.1. The lowest BCUT2D eigenvalue weighted by Gasteiger charge is -2.33. The molecule has 2 fully saturated rings. The van der Waals surface area contributed by atoms with Gasteiger partial charge in [0.2, 0.25) is 5.91 Å². The van der Waals surface area contributed by atoms with Gasteiger partial charge in [-0.15, -0.1) is 0 Å². The maximum Gasteiger partial charge on any atom is 0.227 e. The number of carbonyl (C=O) groups is 1. The lowest BCUT2D eigenvalue weighted by atomic mass is 9.75. The minimum absolute atomic E-state index is 0.00485. The number of likely N-dealkylation sites (tertiary alicyclic amines) is 1. The minimum Gasteiger partial charge on any atom is -0.364 e. The molecule has 3 aliphatic rings. The summed E-state index contributed by atoms with van der Waals surface area (Å²) in [6.45, 7) is 3.03. The van der Waals surface area contributed by atoms with Gasteiger partial charge in [0.05, 0.1) is 5.41 Å². The quantitative estimate of drug-likeness (QED) is 0.724. The fraction of sp³-hybridized carbons (Fsp3) is 0.348. The van der Waals surface area contributed by atoms with Crippen LogP contribution in [0.2, 0.25) is 0 Å². The topological polar surface area (TPSA) is 48.1 Å². The number of nitrogens with zero attached hydrogens (tertiary/aromatic N) is 1. The number of carbonyl (C=O) groups excluding carboxylic acids is 1. The van der Waals surface area contributed by atoms with Crippen molar-refractivity contribution in [2.45, 2.75) is 37.8 Å². The predicted octanol–water partition coefficient (Wildman–Crippen LogP) is 4.16. The molecule has 0 spiro atoms. The molecule has 1 saturated heterocycles. The van der Waals surface area contributed by atoms with E-state index in [2.05, 4.69) is 70.7 Å². The zero-order chi connectivity index (χ0) is 18.2. The Labute approximate surface area is 158 Å². The van der Waals surface area contributed by atoms with Crippen molar-refractivity contribution in [1.29, 1.82) is 0 Å². The summed E-state index contributed by atoms with van der Waals surface area (Å²) < 4.78 is 0. The zero-order valence-electron chi connectivity index (χ0n) is 15.5. The number of amides is 1. The molecular formula is C23H23N3O. The van der Waals surface area contributed by atoms with Crippen LogP contribution in [-0.4, -0.2) is 28.5 Å². The summed E-state index contributed by atoms with van der Waals surface area (Å²) in [7, 11) is 0. The monoisotopic (exact) mass is 357 g/mol. The molecule has 1 aromatic heterocycles. The van der Waals surface area contributed by atoms with E-state index in [9.17, 15) is 4.79 Å². The first-order valence-corrected chi connectivity index (χ1v) is 9.94. The lowest BCUT2D eigenvalue weighted by molar-refractivity contribution is -0.133. The summed E-state index contributed by atoms with van der Waals surface area (Å²) in [5.41, 5.74) is 6.01. The molecule has 6 rings (SSSR count). The third-order valence-corrected chi connectivity index (χ3v) is 6.85. The number of benzene rings is 2. The Balaban J connectivity index is 1.58. The number of fused-ring (bicyclic) bond motifs is 4. The van der Waals surface area contributed by atoms with Crippen LogP contribution in [0.3, 0.4) is 0 Å². The fourth-order valence-electron chi connectivity index (χ4n) is 5.38. The first-order valence-electron chi connectivity index (χ1n) is 9.94. The van der Waals surface area contributed by atoms with Gasteiger partial charge in [-0.25, -0.2) is 0 Å². The van der Waals surface area contributed by atoms with Crippen molar-refractivity contribution in [2.24, 2.45) is 5.92 Å². The Morgan fingerprint density at radius 3 is 2.70 bits per heavy atom. The highest BCUT2D eigenvalue weighted by Gasteiger charge is 2.58. The first-order chi connectivity index (χ1) is 13.2. The second kappa shape index (κ2) is 5.16. The molecule has 3 heterocycles. The Kier molecular flexibility index (Phi) is 2.93. The fourth-order valence-corrected chi connectivity index (χ4v) is 5.38. The molecule has 136 valence electrons. The smallest absolute Gasteiger partial charge is 0.227 e. The number of nitrogens with one attached hydrogen (secondary N) is 2. The highest BCUT2D eigenvalue weighted by atomic mass is 16.2. The van der Waals surface area contributed by atoms with Crippen LogP contribution in [0.15, 0.2) is 48.5 Å². The number of H-pyrrole nitrogens is 1. The second-order valence-electron chi connectivity index (χ2n) is 8.29. The van der Waals surface area contributed by atoms with Gasteiger partial charge in [0.25, 0.3) is 0 Å². The van der Waals surface area contributed by atoms with E-state index in [4.69, 9.17) is 0 Å². The van der Waals surface area contributed by atoms with E-state index in [0.717, 1.165) is 31.5 Å². The number of aromatic nitrogens is 1. The molecule has 2 aliphatic heterocycles. The third-order valence-electron chi connectivity index (χ3n) is 6.85. The molecule has 0 bridgehead atoms. The Morgan fingerprint density at radius 1 is 1.11 bits per heavy atom. The zero-order valence-corrected chi connectivity index (χ0v) is 15.5. The van der Waals surface area contributed by atoms with Crippen molar-refractivity contribution in [3.8, 4) is 0 Å². The van der Waals surface area contributed by atoms with Crippen molar-refractivity contribution in [3.05, 3.63) is 65.4 Å². The molecule has 2 atom stereocenters. The summed E-state index contributed by atoms with van der Waals surface area (Å²) >= 11 is 0. The van der Waals surface area contributed by atoms with E-state index < -0.39 is 0 Å². The molecule has 0 radical (unpaired) electrons. The maximum absolute atomic E-state index is 13.0. The molecule has 1 saturated carbocycles. The van der Waals surface area contributed by atoms with E-state index >= 15 is 0 Å². The second-order valence-corrected chi connectivity index (χ2v) is 8.29. The van der Waals surface area contributed by atoms with Crippen LogP contribution >= 0.6 is 0 Å². The summed E-state index contributed by atoms with van der Waals surface area (Å²) in [4.78, 5) is 18.9. The van der Waals surface area contributed by atoms with E-state index in [0.29, 0.717) is 5.91 Å². The molecule has 1 amide bonds. The van der Waals surface area contributed by atoms with Gasteiger partial charge in [0.1, 0.15) is 6.17 Å². The van der Waals surface area contributed by atoms with Crippen molar-refractivity contribution in [2.75, 3.05) is 11.9 Å². The van der Waals surface area contributed by atoms with Crippen molar-refractivity contribution >= 4 is 22.5 Å². The SMILES string of the molecule is Cc1c([C@]23CCN(C(=O)C4CC4)[C@H]2Nc2ccccc23)[nH]c2ccccc12. The van der Waals surface area contributed by atoms with Gasteiger partial charge in [-0.3, -0.25) is 4.79 Å². The predicted molar refractivity (Wildman–Crippen MR) is 107 cm³/mol. The number of aryl methyl sites for hydroxylation is 1. The first kappa shape index (κ1) is 15.3. The normalized spacial score (nSPS) is 26.1. The van der Waals surface area contributed by atoms with Gasteiger partial charge in [0.15, 0.2) is 0 Å². The van der Waals surface area contributed by atoms with Crippen LogP contribution in [0.4, 0.5) is 5.69 Å². The van der Waals surface area contributed by atoms with Gasteiger partial charge < -0.3 is 15.2 Å². The molecule has 0 unspecified atom stereocenters. The Bertz CT molecular complexity index is 1080. The number of anilines is 1. The molecule has 27 heavy (non-hydrogen) atoms. The van der Waals surface area contributed by atoms with Gasteiger partial charge in [-0.2, -0.15) is 0 Å². The van der Waals surface area contributed by atoms with E-state index in [1.165, 1.54) is 27.7 Å². The van der Waals surface area contributed by atoms with Crippen LogP contribution in [0.5, 0.6) is 0 Å². The van der Waals surface area contributed by atoms with Gasteiger partial charge in [-0.05, 0) is 49.4 Å². The molecule has 1 aliphatic carbocycles. The number of rotatable bonds is 2. The molecule has 4 nitrogen and oxygen atoms in total. The molecular weight excluding hydrogens is 334 g/mol. The number of hydrogen-bond acceptors (Lipinski definition) is 2. The number of aromatic amines is 1. The lowest BCUT2D eigenvalue weighted by Crippen LogP contribution is -2.47. The maximum atomic E-state index is 13.0. The molecule has 2 N–H and O–H groups in total. The average Bonchev–Trinajstić information content (AvgIpc) is 3.30. The molecule has 3 aromatic rings. The van der Waals surface area contributed by atoms with Crippen molar-refractivity contribution < 1.29 is 4.79 Å². The van der Waals surface area contributed by atoms with Gasteiger partial charge >= 0.3 is 0 Å². The van der Waals surface area contributed by atoms with E-state index in [-0.39, 0.29) is 17.5 Å². The van der Waals surface area contributed by atoms with Crippen LogP contribution in [0.25, 0.3) is 10.9 Å². The summed E-state index contributed by atoms with van der Waals surface area (Å²) in [6.07, 6.45) is 3.05. The largest absolute Gasteiger partial charge is 0.364 e. The van der Waals surface area contributed by atoms with E-state index in [1.54, 1.807) is 0 Å². The van der Waals surface area contributed by atoms with Crippen LogP contribution in [0.1, 0.15) is 36.1 Å². The minimum atomic E-state index is -0.204. The number of para-hydroxylation sites is 2. The summed E-state index contributed by atoms with van der Waals surface area (Å²) in [5, 5.41) is 4.98. The standard InChI is InChI=1S/C23H23N3O/c1-14-16-6-2-4-8-18(16)24-20(14)23-12-13-26(21(27)15-10-11-15)22(23)25-19-9-5-3-7-17(19)23/h2-9,15,22,24-25H,10-13H2,1H3/t22-,23-/m1/s1. The van der Waals surface area contributed by atoms with Crippen LogP contribution in [-0.2, 0) is 10.2 Å².